The van der Waals surface area contributed by atoms with Crippen LogP contribution in [0.2, 0.25) is 0 Å². The summed E-state index contributed by atoms with van der Waals surface area (Å²) in [6.07, 6.45) is -0.304. The molecular formula is C50H80N6O15. The lowest BCUT2D eigenvalue weighted by Crippen LogP contribution is -2.48. The van der Waals surface area contributed by atoms with Gasteiger partial charge in [0.05, 0.1) is 54.6 Å². The molecule has 2 heterocycles. The molecule has 0 aromatic carbocycles. The fraction of sp³-hybridized carbons (Fsp3) is 0.760. The molecule has 9 atom stereocenters. The lowest BCUT2D eigenvalue weighted by molar-refractivity contribution is -0.145. The lowest BCUT2D eigenvalue weighted by Gasteiger charge is -2.26. The molecule has 2 aliphatic rings. The Morgan fingerprint density at radius 1 is 0.662 bits per heavy atom. The van der Waals surface area contributed by atoms with E-state index in [0.29, 0.717) is 32.2 Å². The third kappa shape index (κ3) is 22.7. The molecule has 0 aromatic heterocycles. The van der Waals surface area contributed by atoms with Crippen LogP contribution in [0.15, 0.2) is 0 Å². The Morgan fingerprint density at radius 3 is 1.87 bits per heavy atom. The number of hydrogen-bond acceptors (Lipinski definition) is 14. The smallest absolute Gasteiger partial charge is 0.306 e. The van der Waals surface area contributed by atoms with E-state index >= 15 is 0 Å². The number of hydrogen-bond donors (Lipinski definition) is 8. The number of carbonyl (C=O) groups excluding carboxylic acids is 10. The van der Waals surface area contributed by atoms with Gasteiger partial charge >= 0.3 is 11.9 Å². The summed E-state index contributed by atoms with van der Waals surface area (Å²) < 4.78 is 0. The molecular weight excluding hydrogens is 925 g/mol. The molecule has 21 heteroatoms. The van der Waals surface area contributed by atoms with Gasteiger partial charge in [-0.05, 0) is 63.7 Å². The number of nitrogens with zero attached hydrogens (tertiary/aromatic N) is 1. The zero-order valence-electron chi connectivity index (χ0n) is 42.5. The van der Waals surface area contributed by atoms with Crippen LogP contribution in [0.1, 0.15) is 164 Å². The minimum atomic E-state index is -1.54. The van der Waals surface area contributed by atoms with Gasteiger partial charge in [-0.15, -0.1) is 0 Å². The molecule has 21 nitrogen and oxygen atoms in total. The van der Waals surface area contributed by atoms with Gasteiger partial charge in [0.25, 0.3) is 0 Å². The number of Topliss-reactive ketones (excluding diaryl/α,β-unsaturated/α-hetero) is 5. The number of ketones is 5. The number of nitrogens with two attached hydrogens (primary N) is 1. The van der Waals surface area contributed by atoms with Crippen LogP contribution in [-0.4, -0.2) is 140 Å². The Labute approximate surface area is 416 Å². The molecule has 71 heavy (non-hydrogen) atoms. The number of carbonyl (C=O) groups is 12. The maximum absolute atomic E-state index is 14.0. The normalized spacial score (nSPS) is 19.2. The molecule has 9 N–H and O–H groups in total. The fourth-order valence-corrected chi connectivity index (χ4v) is 9.10. The van der Waals surface area contributed by atoms with Crippen LogP contribution < -0.4 is 27.0 Å². The number of carboxylic acid groups (broad SMARTS) is 2. The first-order valence-corrected chi connectivity index (χ1v) is 25.3. The topological polar surface area (TPSA) is 343 Å². The highest BCUT2D eigenvalue weighted by molar-refractivity contribution is 5.98. The van der Waals surface area contributed by atoms with Crippen LogP contribution in [0.25, 0.3) is 0 Å². The van der Waals surface area contributed by atoms with Gasteiger partial charge in [-0.2, -0.15) is 0 Å². The molecule has 0 spiro atoms. The number of unbranched alkanes of at least 4 members (excludes halogenated alkanes) is 2. The highest BCUT2D eigenvalue weighted by Crippen LogP contribution is 2.25. The zero-order chi connectivity index (χ0) is 53.5. The summed E-state index contributed by atoms with van der Waals surface area (Å²) in [6, 6.07) is -5.08. The number of rotatable bonds is 36. The SMILES string of the molecule is CCCCC[C@H](CC(=O)[C@@H]1CCCN1C(=O)CCC(=O)[C@H](C)NC(=O)[C@@H](CC(=O)[C@H](CC(C)C)NC(=O)[C@H](CC(=O)O)CC(=O)[C@H](CCC(N)=O)NC(=O)CCC(=O)[C@@H]1C[C@@H](O)CN1)CC(C)C)C(=O)O. The summed E-state index contributed by atoms with van der Waals surface area (Å²) >= 11 is 0. The van der Waals surface area contributed by atoms with Crippen LogP contribution in [0.5, 0.6) is 0 Å². The molecule has 5 amide bonds. The standard InChI is InChI=1S/C50H80N6O15/c1-7-8-9-11-31(50(70)71)22-43(62)38-12-10-19-56(38)46(65)18-15-39(58)30(6)53-48(68)32(20-28(2)3)23-42(61)37(21-29(4)5)55-49(69)33(25-47(66)67)24-41(60)35(13-16-44(51)63)54-45(64)17-14-40(59)36-26-34(57)27-52-36/h28-38,52,57H,7-27H2,1-6H3,(H2,51,63)(H,53,68)(H,54,64)(H,55,69)(H,66,67)(H,70,71)/t30-,31+,32+,33-,34+,35-,36-,37-,38-/m0/s1. The number of aliphatic hydroxyl groups excluding tert-OH is 1. The Balaban J connectivity index is 2.13. The summed E-state index contributed by atoms with van der Waals surface area (Å²) in [5.41, 5.74) is 5.30. The van der Waals surface area contributed by atoms with Gasteiger partial charge < -0.3 is 47.2 Å². The van der Waals surface area contributed by atoms with Gasteiger partial charge in [0.1, 0.15) is 5.78 Å². The number of aliphatic carboxylic acids is 2. The van der Waals surface area contributed by atoms with E-state index in [0.717, 1.165) is 12.8 Å². The molecule has 0 unspecified atom stereocenters. The molecule has 2 aliphatic heterocycles. The maximum Gasteiger partial charge on any atom is 0.306 e. The Hall–Kier alpha value is -5.44. The summed E-state index contributed by atoms with van der Waals surface area (Å²) in [6.45, 7) is 11.2. The van der Waals surface area contributed by atoms with Crippen LogP contribution in [-0.2, 0) is 57.5 Å². The van der Waals surface area contributed by atoms with E-state index in [1.165, 1.54) is 11.8 Å². The van der Waals surface area contributed by atoms with E-state index in [1.807, 2.05) is 20.8 Å². The van der Waals surface area contributed by atoms with Crippen molar-refractivity contribution in [3.8, 4) is 0 Å². The Morgan fingerprint density at radius 2 is 1.30 bits per heavy atom. The molecule has 2 saturated heterocycles. The summed E-state index contributed by atoms with van der Waals surface area (Å²) in [7, 11) is 0. The molecule has 0 saturated carbocycles. The fourth-order valence-electron chi connectivity index (χ4n) is 9.10. The van der Waals surface area contributed by atoms with Crippen LogP contribution in [0.3, 0.4) is 0 Å². The van der Waals surface area contributed by atoms with Gasteiger partial charge in [0.2, 0.25) is 29.5 Å². The van der Waals surface area contributed by atoms with E-state index in [2.05, 4.69) is 21.3 Å². The van der Waals surface area contributed by atoms with E-state index in [1.54, 1.807) is 13.8 Å². The molecule has 0 bridgehead atoms. The number of aliphatic hydroxyl groups is 1. The molecule has 400 valence electrons. The average Bonchev–Trinajstić information content (AvgIpc) is 3.97. The second kappa shape index (κ2) is 31.1. The van der Waals surface area contributed by atoms with Crippen LogP contribution in [0.4, 0.5) is 0 Å². The highest BCUT2D eigenvalue weighted by atomic mass is 16.4. The molecule has 2 fully saturated rings. The van der Waals surface area contributed by atoms with Gasteiger partial charge in [-0.3, -0.25) is 57.5 Å². The van der Waals surface area contributed by atoms with Crippen molar-refractivity contribution in [2.45, 2.75) is 200 Å². The predicted molar refractivity (Wildman–Crippen MR) is 258 cm³/mol. The van der Waals surface area contributed by atoms with Crippen molar-refractivity contribution in [3.05, 3.63) is 0 Å². The summed E-state index contributed by atoms with van der Waals surface area (Å²) in [5, 5.41) is 39.7. The van der Waals surface area contributed by atoms with E-state index in [4.69, 9.17) is 5.73 Å². The quantitative estimate of drug-likeness (QED) is 0.0417. The van der Waals surface area contributed by atoms with Gasteiger partial charge in [-0.1, -0.05) is 53.9 Å². The number of β-amino-alcohol motifs (C(OH)–C–C–N with tert-alkyl or cyclic N) is 1. The lowest BCUT2D eigenvalue weighted by atomic mass is 9.87. The first-order valence-electron chi connectivity index (χ1n) is 25.3. The van der Waals surface area contributed by atoms with Crippen LogP contribution in [0, 0.1) is 29.6 Å². The number of carboxylic acids is 2. The van der Waals surface area contributed by atoms with E-state index < -0.39 is 126 Å². The minimum absolute atomic E-state index is 0.0746. The van der Waals surface area contributed by atoms with Crippen molar-refractivity contribution in [2.24, 2.45) is 35.3 Å². The van der Waals surface area contributed by atoms with Crippen molar-refractivity contribution < 1.29 is 72.9 Å². The Bertz CT molecular complexity index is 1910. The molecule has 2 rings (SSSR count). The first kappa shape index (κ1) is 61.7. The second-order valence-corrected chi connectivity index (χ2v) is 20.2. The highest BCUT2D eigenvalue weighted by Gasteiger charge is 2.38. The van der Waals surface area contributed by atoms with Crippen molar-refractivity contribution in [3.63, 3.8) is 0 Å². The van der Waals surface area contributed by atoms with Gasteiger partial charge in [0.15, 0.2) is 23.1 Å². The Kier molecular flexibility index (Phi) is 27.0. The third-order valence-electron chi connectivity index (χ3n) is 13.0. The number of primary amides is 1. The molecule has 0 aliphatic carbocycles. The van der Waals surface area contributed by atoms with E-state index in [9.17, 15) is 72.9 Å². The summed E-state index contributed by atoms with van der Waals surface area (Å²) in [4.78, 5) is 157. The van der Waals surface area contributed by atoms with Gasteiger partial charge in [0, 0.05) is 70.4 Å². The number of likely N-dealkylation sites (tertiary alicyclic amines) is 1. The third-order valence-corrected chi connectivity index (χ3v) is 13.0. The predicted octanol–water partition coefficient (Wildman–Crippen LogP) is 2.10. The minimum Gasteiger partial charge on any atom is -0.481 e. The average molecular weight is 1010 g/mol. The van der Waals surface area contributed by atoms with Crippen LogP contribution >= 0.6 is 0 Å². The van der Waals surface area contributed by atoms with Crippen molar-refractivity contribution in [1.29, 1.82) is 0 Å². The zero-order valence-corrected chi connectivity index (χ0v) is 42.5. The van der Waals surface area contributed by atoms with E-state index in [-0.39, 0.29) is 101 Å². The number of nitrogens with one attached hydrogen (secondary N) is 4. The molecule has 0 radical (unpaired) electrons. The van der Waals surface area contributed by atoms with Gasteiger partial charge in [-0.25, -0.2) is 0 Å². The van der Waals surface area contributed by atoms with Crippen molar-refractivity contribution >= 4 is 70.4 Å². The summed E-state index contributed by atoms with van der Waals surface area (Å²) in [5.74, 6) is -12.2. The number of amides is 5. The second-order valence-electron chi connectivity index (χ2n) is 20.2. The first-order chi connectivity index (χ1) is 33.3. The van der Waals surface area contributed by atoms with Crippen molar-refractivity contribution in [2.75, 3.05) is 13.1 Å². The van der Waals surface area contributed by atoms with Crippen molar-refractivity contribution in [1.82, 2.24) is 26.2 Å². The molecule has 0 aromatic rings. The monoisotopic (exact) mass is 1000 g/mol. The maximum atomic E-state index is 14.0. The largest absolute Gasteiger partial charge is 0.481 e.